The number of nitrogens with one attached hydrogen (secondary N) is 1. The van der Waals surface area contributed by atoms with Crippen LogP contribution in [0.15, 0.2) is 30.3 Å². The average Bonchev–Trinajstić information content (AvgIpc) is 3.25. The molecular weight excluding hydrogens is 247 g/mol. The van der Waals surface area contributed by atoms with Gasteiger partial charge < -0.3 is 10.2 Å². The summed E-state index contributed by atoms with van der Waals surface area (Å²) in [6, 6.07) is 7.36. The van der Waals surface area contributed by atoms with E-state index in [0.29, 0.717) is 23.4 Å². The summed E-state index contributed by atoms with van der Waals surface area (Å²) in [5.41, 5.74) is 2.49. The first-order valence-electron chi connectivity index (χ1n) is 6.03. The van der Waals surface area contributed by atoms with Gasteiger partial charge in [0.25, 0.3) is 0 Å². The van der Waals surface area contributed by atoms with E-state index in [-0.39, 0.29) is 5.82 Å². The van der Waals surface area contributed by atoms with Gasteiger partial charge in [-0.1, -0.05) is 0 Å². The highest BCUT2D eigenvalue weighted by molar-refractivity contribution is 5.39. The Balaban J connectivity index is 1.86. The van der Waals surface area contributed by atoms with Crippen LogP contribution in [-0.4, -0.2) is 9.97 Å². The zero-order valence-electron chi connectivity index (χ0n) is 10.1. The number of halogens is 1. The highest BCUT2D eigenvalue weighted by Gasteiger charge is 2.27. The summed E-state index contributed by atoms with van der Waals surface area (Å²) in [6.07, 6.45) is 2.17. The SMILES string of the molecule is NNc1cc(Oc2ccc(F)cc2)nc(C2CC2)n1. The van der Waals surface area contributed by atoms with Crippen molar-refractivity contribution in [1.82, 2.24) is 9.97 Å². The van der Waals surface area contributed by atoms with Gasteiger partial charge in [0.15, 0.2) is 0 Å². The van der Waals surface area contributed by atoms with Gasteiger partial charge in [-0.2, -0.15) is 4.98 Å². The molecule has 2 aromatic rings. The number of hydrogen-bond acceptors (Lipinski definition) is 5. The van der Waals surface area contributed by atoms with E-state index in [1.54, 1.807) is 18.2 Å². The molecule has 0 bridgehead atoms. The lowest BCUT2D eigenvalue weighted by Crippen LogP contribution is -2.10. The number of ether oxygens (including phenoxy) is 1. The maximum absolute atomic E-state index is 12.8. The van der Waals surface area contributed by atoms with Crippen LogP contribution < -0.4 is 16.0 Å². The molecule has 1 aliphatic carbocycles. The minimum atomic E-state index is -0.307. The Morgan fingerprint density at radius 1 is 1.21 bits per heavy atom. The third-order valence-corrected chi connectivity index (χ3v) is 2.85. The molecule has 0 unspecified atom stereocenters. The fourth-order valence-electron chi connectivity index (χ4n) is 1.72. The number of nitrogen functional groups attached to an aromatic ring is 1. The molecule has 0 radical (unpaired) electrons. The fraction of sp³-hybridized carbons (Fsp3) is 0.231. The van der Waals surface area contributed by atoms with Gasteiger partial charge in [-0.25, -0.2) is 15.2 Å². The second-order valence-electron chi connectivity index (χ2n) is 4.42. The monoisotopic (exact) mass is 260 g/mol. The molecule has 0 spiro atoms. The molecular formula is C13H13FN4O. The number of aromatic nitrogens is 2. The van der Waals surface area contributed by atoms with Crippen LogP contribution in [0.5, 0.6) is 11.6 Å². The van der Waals surface area contributed by atoms with Gasteiger partial charge in [0.2, 0.25) is 5.88 Å². The molecule has 1 saturated carbocycles. The minimum Gasteiger partial charge on any atom is -0.439 e. The summed E-state index contributed by atoms with van der Waals surface area (Å²) in [7, 11) is 0. The third kappa shape index (κ3) is 2.79. The van der Waals surface area contributed by atoms with Crippen molar-refractivity contribution in [2.75, 3.05) is 5.43 Å². The molecule has 5 nitrogen and oxygen atoms in total. The largest absolute Gasteiger partial charge is 0.439 e. The van der Waals surface area contributed by atoms with E-state index in [4.69, 9.17) is 10.6 Å². The topological polar surface area (TPSA) is 73.1 Å². The van der Waals surface area contributed by atoms with Gasteiger partial charge >= 0.3 is 0 Å². The summed E-state index contributed by atoms with van der Waals surface area (Å²) < 4.78 is 18.4. The molecule has 98 valence electrons. The standard InChI is InChI=1S/C13H13FN4O/c14-9-3-5-10(6-4-9)19-12-7-11(18-15)16-13(17-12)8-1-2-8/h3-8H,1-2,15H2,(H,16,17,18). The molecule has 6 heteroatoms. The Kier molecular flexibility index (Phi) is 3.00. The molecule has 3 rings (SSSR count). The second-order valence-corrected chi connectivity index (χ2v) is 4.42. The molecule has 0 saturated heterocycles. The Morgan fingerprint density at radius 2 is 1.95 bits per heavy atom. The molecule has 0 amide bonds. The highest BCUT2D eigenvalue weighted by Crippen LogP contribution is 2.39. The van der Waals surface area contributed by atoms with Crippen molar-refractivity contribution in [2.45, 2.75) is 18.8 Å². The first-order valence-corrected chi connectivity index (χ1v) is 6.03. The highest BCUT2D eigenvalue weighted by atomic mass is 19.1. The van der Waals surface area contributed by atoms with Crippen molar-refractivity contribution in [3.8, 4) is 11.6 Å². The van der Waals surface area contributed by atoms with E-state index < -0.39 is 0 Å². The summed E-state index contributed by atoms with van der Waals surface area (Å²) in [4.78, 5) is 8.62. The first-order chi connectivity index (χ1) is 9.24. The lowest BCUT2D eigenvalue weighted by atomic mass is 10.3. The Morgan fingerprint density at radius 3 is 2.58 bits per heavy atom. The number of nitrogens with zero attached hydrogens (tertiary/aromatic N) is 2. The van der Waals surface area contributed by atoms with Crippen molar-refractivity contribution in [2.24, 2.45) is 5.84 Å². The van der Waals surface area contributed by atoms with E-state index in [9.17, 15) is 4.39 Å². The number of anilines is 1. The van der Waals surface area contributed by atoms with Crippen molar-refractivity contribution in [3.05, 3.63) is 42.0 Å². The third-order valence-electron chi connectivity index (χ3n) is 2.85. The van der Waals surface area contributed by atoms with Gasteiger partial charge in [0.1, 0.15) is 23.2 Å². The summed E-state index contributed by atoms with van der Waals surface area (Å²) in [6.45, 7) is 0. The molecule has 0 aliphatic heterocycles. The quantitative estimate of drug-likeness (QED) is 0.653. The second kappa shape index (κ2) is 4.81. The van der Waals surface area contributed by atoms with E-state index in [0.717, 1.165) is 18.7 Å². The molecule has 0 atom stereocenters. The maximum Gasteiger partial charge on any atom is 0.224 e. The maximum atomic E-state index is 12.8. The average molecular weight is 260 g/mol. The van der Waals surface area contributed by atoms with Crippen LogP contribution in [0.1, 0.15) is 24.6 Å². The Labute approximate surface area is 109 Å². The van der Waals surface area contributed by atoms with Crippen LogP contribution >= 0.6 is 0 Å². The van der Waals surface area contributed by atoms with Crippen LogP contribution in [0, 0.1) is 5.82 Å². The molecule has 1 heterocycles. The van der Waals surface area contributed by atoms with Gasteiger partial charge in [-0.15, -0.1) is 0 Å². The Hall–Kier alpha value is -2.21. The zero-order valence-corrected chi connectivity index (χ0v) is 10.1. The van der Waals surface area contributed by atoms with Crippen molar-refractivity contribution < 1.29 is 9.13 Å². The lowest BCUT2D eigenvalue weighted by molar-refractivity contribution is 0.457. The summed E-state index contributed by atoms with van der Waals surface area (Å²) >= 11 is 0. The molecule has 1 aromatic heterocycles. The smallest absolute Gasteiger partial charge is 0.224 e. The van der Waals surface area contributed by atoms with E-state index >= 15 is 0 Å². The number of benzene rings is 1. The minimum absolute atomic E-state index is 0.307. The lowest BCUT2D eigenvalue weighted by Gasteiger charge is -2.08. The van der Waals surface area contributed by atoms with E-state index in [1.807, 2.05) is 0 Å². The van der Waals surface area contributed by atoms with Gasteiger partial charge in [-0.05, 0) is 37.1 Å². The number of hydrazine groups is 1. The van der Waals surface area contributed by atoms with Gasteiger partial charge in [-0.3, -0.25) is 0 Å². The number of hydrogen-bond donors (Lipinski definition) is 2. The predicted molar refractivity (Wildman–Crippen MR) is 68.3 cm³/mol. The summed E-state index contributed by atoms with van der Waals surface area (Å²) in [5.74, 6) is 7.62. The molecule has 19 heavy (non-hydrogen) atoms. The van der Waals surface area contributed by atoms with E-state index in [2.05, 4.69) is 15.4 Å². The Bertz CT molecular complexity index is 584. The first kappa shape index (κ1) is 11.9. The molecule has 1 aliphatic rings. The number of nitrogens with two attached hydrogens (primary N) is 1. The number of rotatable bonds is 4. The van der Waals surface area contributed by atoms with Crippen LogP contribution in [0.2, 0.25) is 0 Å². The van der Waals surface area contributed by atoms with Crippen LogP contribution in [0.3, 0.4) is 0 Å². The predicted octanol–water partition coefficient (Wildman–Crippen LogP) is 2.57. The van der Waals surface area contributed by atoms with Crippen molar-refractivity contribution >= 4 is 5.82 Å². The zero-order chi connectivity index (χ0) is 13.2. The van der Waals surface area contributed by atoms with Crippen molar-refractivity contribution in [1.29, 1.82) is 0 Å². The van der Waals surface area contributed by atoms with E-state index in [1.165, 1.54) is 12.1 Å². The molecule has 1 aromatic carbocycles. The van der Waals surface area contributed by atoms with Crippen LogP contribution in [0.25, 0.3) is 0 Å². The van der Waals surface area contributed by atoms with Crippen LogP contribution in [-0.2, 0) is 0 Å². The molecule has 1 fully saturated rings. The van der Waals surface area contributed by atoms with Gasteiger partial charge in [0.05, 0.1) is 0 Å². The van der Waals surface area contributed by atoms with Crippen LogP contribution in [0.4, 0.5) is 10.2 Å². The normalized spacial score (nSPS) is 14.2. The summed E-state index contributed by atoms with van der Waals surface area (Å²) in [5, 5.41) is 0. The fourth-order valence-corrected chi connectivity index (χ4v) is 1.72. The molecule has 3 N–H and O–H groups in total. The van der Waals surface area contributed by atoms with Crippen molar-refractivity contribution in [3.63, 3.8) is 0 Å². The van der Waals surface area contributed by atoms with Gasteiger partial charge in [0, 0.05) is 12.0 Å².